The Balaban J connectivity index is 1.54. The van der Waals surface area contributed by atoms with E-state index in [0.717, 1.165) is 38.4 Å². The maximum absolute atomic E-state index is 9.85. The summed E-state index contributed by atoms with van der Waals surface area (Å²) < 4.78 is 0. The molecule has 16 heavy (non-hydrogen) atoms. The Morgan fingerprint density at radius 3 is 2.50 bits per heavy atom. The summed E-state index contributed by atoms with van der Waals surface area (Å²) in [5, 5.41) is 19.7. The molecule has 2 aliphatic carbocycles. The van der Waals surface area contributed by atoms with Crippen molar-refractivity contribution in [1.29, 1.82) is 0 Å². The molecule has 1 heterocycles. The Morgan fingerprint density at radius 2 is 1.81 bits per heavy atom. The van der Waals surface area contributed by atoms with Crippen molar-refractivity contribution in [2.45, 2.75) is 44.3 Å². The molecule has 3 rings (SSSR count). The van der Waals surface area contributed by atoms with Crippen molar-refractivity contribution in [3.8, 4) is 0 Å². The van der Waals surface area contributed by atoms with Crippen LogP contribution in [-0.4, -0.2) is 47.0 Å². The number of nitrogens with zero attached hydrogens (tertiary/aromatic N) is 1. The highest BCUT2D eigenvalue weighted by Crippen LogP contribution is 2.39. The first-order chi connectivity index (χ1) is 7.74. The van der Waals surface area contributed by atoms with Crippen LogP contribution in [-0.2, 0) is 0 Å². The van der Waals surface area contributed by atoms with Crippen LogP contribution in [0.3, 0.4) is 0 Å². The molecule has 0 aromatic rings. The molecule has 0 spiro atoms. The highest BCUT2D eigenvalue weighted by Gasteiger charge is 2.42. The van der Waals surface area contributed by atoms with Gasteiger partial charge < -0.3 is 15.1 Å². The van der Waals surface area contributed by atoms with Crippen LogP contribution in [0.5, 0.6) is 0 Å². The second-order valence-corrected chi connectivity index (χ2v) is 6.05. The normalized spacial score (nSPS) is 48.8. The van der Waals surface area contributed by atoms with Crippen LogP contribution >= 0.6 is 0 Å². The minimum absolute atomic E-state index is 0.0523. The van der Waals surface area contributed by atoms with Crippen LogP contribution in [0.25, 0.3) is 0 Å². The molecule has 2 N–H and O–H groups in total. The molecule has 2 saturated carbocycles. The van der Waals surface area contributed by atoms with Gasteiger partial charge in [0.1, 0.15) is 0 Å². The van der Waals surface area contributed by atoms with Gasteiger partial charge in [0.25, 0.3) is 0 Å². The summed E-state index contributed by atoms with van der Waals surface area (Å²) in [7, 11) is 0. The zero-order valence-corrected chi connectivity index (χ0v) is 9.89. The summed E-state index contributed by atoms with van der Waals surface area (Å²) in [6.07, 6.45) is 5.47. The predicted molar refractivity (Wildman–Crippen MR) is 62.0 cm³/mol. The van der Waals surface area contributed by atoms with Gasteiger partial charge in [0.05, 0.1) is 12.2 Å². The molecule has 5 atom stereocenters. The van der Waals surface area contributed by atoms with E-state index in [0.29, 0.717) is 11.8 Å². The zero-order valence-electron chi connectivity index (χ0n) is 9.89. The van der Waals surface area contributed by atoms with Gasteiger partial charge in [0, 0.05) is 25.6 Å². The van der Waals surface area contributed by atoms with E-state index in [2.05, 4.69) is 4.90 Å². The van der Waals surface area contributed by atoms with Gasteiger partial charge in [-0.3, -0.25) is 0 Å². The SMILES string of the molecule is OC1CCCC1CN1CC2CCC(O)C2C1. The molecule has 1 aliphatic heterocycles. The average molecular weight is 225 g/mol. The van der Waals surface area contributed by atoms with Gasteiger partial charge in [-0.1, -0.05) is 6.42 Å². The first kappa shape index (κ1) is 11.0. The van der Waals surface area contributed by atoms with E-state index >= 15 is 0 Å². The lowest BCUT2D eigenvalue weighted by atomic mass is 10.00. The number of aliphatic hydroxyl groups excluding tert-OH is 2. The molecule has 1 saturated heterocycles. The van der Waals surface area contributed by atoms with E-state index in [4.69, 9.17) is 0 Å². The molecular weight excluding hydrogens is 202 g/mol. The molecule has 0 radical (unpaired) electrons. The smallest absolute Gasteiger partial charge is 0.0583 e. The fraction of sp³-hybridized carbons (Fsp3) is 1.00. The second kappa shape index (κ2) is 4.28. The molecule has 92 valence electrons. The molecule has 3 heteroatoms. The van der Waals surface area contributed by atoms with E-state index in [1.54, 1.807) is 0 Å². The molecule has 0 aromatic carbocycles. The summed E-state index contributed by atoms with van der Waals surface area (Å²) in [5.41, 5.74) is 0. The lowest BCUT2D eigenvalue weighted by Crippen LogP contribution is -2.32. The first-order valence-electron chi connectivity index (χ1n) is 6.82. The summed E-state index contributed by atoms with van der Waals surface area (Å²) in [5.74, 6) is 1.75. The maximum atomic E-state index is 9.85. The highest BCUT2D eigenvalue weighted by atomic mass is 16.3. The Hall–Kier alpha value is -0.120. The molecule has 0 aromatic heterocycles. The summed E-state index contributed by atoms with van der Waals surface area (Å²) in [6, 6.07) is 0. The third-order valence-corrected chi connectivity index (χ3v) is 5.01. The quantitative estimate of drug-likeness (QED) is 0.732. The standard InChI is InChI=1S/C13H23NO2/c15-12-3-1-2-10(12)7-14-6-9-4-5-13(16)11(9)8-14/h9-13,15-16H,1-8H2. The Bertz CT molecular complexity index is 258. The van der Waals surface area contributed by atoms with Crippen LogP contribution in [0.15, 0.2) is 0 Å². The number of hydrogen-bond acceptors (Lipinski definition) is 3. The fourth-order valence-corrected chi connectivity index (χ4v) is 4.04. The summed E-state index contributed by atoms with van der Waals surface area (Å²) in [6.45, 7) is 3.28. The van der Waals surface area contributed by atoms with E-state index in [9.17, 15) is 10.2 Å². The van der Waals surface area contributed by atoms with Gasteiger partial charge >= 0.3 is 0 Å². The Kier molecular flexibility index (Phi) is 2.94. The fourth-order valence-electron chi connectivity index (χ4n) is 4.04. The van der Waals surface area contributed by atoms with Crippen molar-refractivity contribution < 1.29 is 10.2 Å². The molecule has 5 unspecified atom stereocenters. The minimum atomic E-state index is -0.0645. The molecule has 0 bridgehead atoms. The van der Waals surface area contributed by atoms with Gasteiger partial charge in [-0.05, 0) is 37.5 Å². The number of rotatable bonds is 2. The minimum Gasteiger partial charge on any atom is -0.393 e. The topological polar surface area (TPSA) is 43.7 Å². The zero-order chi connectivity index (χ0) is 11.1. The Labute approximate surface area is 97.4 Å². The van der Waals surface area contributed by atoms with E-state index in [1.807, 2.05) is 0 Å². The molecule has 3 nitrogen and oxygen atoms in total. The predicted octanol–water partition coefficient (Wildman–Crippen LogP) is 0.850. The lowest BCUT2D eigenvalue weighted by Gasteiger charge is -2.23. The van der Waals surface area contributed by atoms with E-state index in [1.165, 1.54) is 19.3 Å². The van der Waals surface area contributed by atoms with Crippen molar-refractivity contribution >= 4 is 0 Å². The second-order valence-electron chi connectivity index (χ2n) is 6.05. The van der Waals surface area contributed by atoms with Crippen LogP contribution in [0.4, 0.5) is 0 Å². The largest absolute Gasteiger partial charge is 0.393 e. The van der Waals surface area contributed by atoms with Gasteiger partial charge in [0.2, 0.25) is 0 Å². The van der Waals surface area contributed by atoms with Crippen LogP contribution in [0.1, 0.15) is 32.1 Å². The van der Waals surface area contributed by atoms with Crippen molar-refractivity contribution in [3.05, 3.63) is 0 Å². The molecular formula is C13H23NO2. The molecule has 3 aliphatic rings. The summed E-state index contributed by atoms with van der Waals surface area (Å²) in [4.78, 5) is 2.48. The summed E-state index contributed by atoms with van der Waals surface area (Å²) >= 11 is 0. The number of hydrogen-bond donors (Lipinski definition) is 2. The Morgan fingerprint density at radius 1 is 0.938 bits per heavy atom. The average Bonchev–Trinajstić information content (AvgIpc) is 2.90. The third-order valence-electron chi connectivity index (χ3n) is 5.01. The molecule has 3 fully saturated rings. The van der Waals surface area contributed by atoms with E-state index in [-0.39, 0.29) is 12.2 Å². The lowest BCUT2D eigenvalue weighted by molar-refractivity contribution is 0.0966. The van der Waals surface area contributed by atoms with Crippen LogP contribution in [0, 0.1) is 17.8 Å². The number of aliphatic hydroxyl groups is 2. The van der Waals surface area contributed by atoms with Gasteiger partial charge in [0.15, 0.2) is 0 Å². The first-order valence-corrected chi connectivity index (χ1v) is 6.82. The van der Waals surface area contributed by atoms with Crippen molar-refractivity contribution in [2.24, 2.45) is 17.8 Å². The third kappa shape index (κ3) is 1.89. The molecule has 0 amide bonds. The van der Waals surface area contributed by atoms with Crippen molar-refractivity contribution in [1.82, 2.24) is 4.90 Å². The number of likely N-dealkylation sites (tertiary alicyclic amines) is 1. The van der Waals surface area contributed by atoms with Gasteiger partial charge in [-0.15, -0.1) is 0 Å². The van der Waals surface area contributed by atoms with Crippen LogP contribution in [0.2, 0.25) is 0 Å². The van der Waals surface area contributed by atoms with E-state index < -0.39 is 0 Å². The maximum Gasteiger partial charge on any atom is 0.0583 e. The van der Waals surface area contributed by atoms with Gasteiger partial charge in [-0.25, -0.2) is 0 Å². The van der Waals surface area contributed by atoms with Crippen molar-refractivity contribution in [3.63, 3.8) is 0 Å². The van der Waals surface area contributed by atoms with Crippen molar-refractivity contribution in [2.75, 3.05) is 19.6 Å². The van der Waals surface area contributed by atoms with Gasteiger partial charge in [-0.2, -0.15) is 0 Å². The monoisotopic (exact) mass is 225 g/mol. The number of fused-ring (bicyclic) bond motifs is 1. The highest BCUT2D eigenvalue weighted by molar-refractivity contribution is 4.94. The van der Waals surface area contributed by atoms with Crippen LogP contribution < -0.4 is 0 Å².